The van der Waals surface area contributed by atoms with Gasteiger partial charge in [0.25, 0.3) is 0 Å². The van der Waals surface area contributed by atoms with Crippen molar-refractivity contribution in [1.29, 1.82) is 5.26 Å². The van der Waals surface area contributed by atoms with Crippen molar-refractivity contribution in [3.8, 4) is 6.07 Å². The Balaban J connectivity index is 3.28. The van der Waals surface area contributed by atoms with Crippen LogP contribution in [0.1, 0.15) is 29.3 Å². The fourth-order valence-corrected chi connectivity index (χ4v) is 1.84. The minimum Gasteiger partial charge on any atom is -0.478 e. The number of hydrogen-bond donors (Lipinski definition) is 2. The van der Waals surface area contributed by atoms with E-state index in [9.17, 15) is 9.59 Å². The van der Waals surface area contributed by atoms with Gasteiger partial charge in [-0.2, -0.15) is 5.26 Å². The molecule has 0 unspecified atom stereocenters. The Labute approximate surface area is 109 Å². The second-order valence-electron chi connectivity index (χ2n) is 3.49. The van der Waals surface area contributed by atoms with Gasteiger partial charge in [-0.1, -0.05) is 18.5 Å². The summed E-state index contributed by atoms with van der Waals surface area (Å²) < 4.78 is 0. The summed E-state index contributed by atoms with van der Waals surface area (Å²) in [5, 5.41) is 20.3. The number of carbonyl (C=O) groups excluding carboxylic acids is 1. The zero-order chi connectivity index (χ0) is 13.7. The average molecular weight is 267 g/mol. The molecule has 6 heteroatoms. The molecule has 5 nitrogen and oxygen atoms in total. The molecule has 0 bridgehead atoms. The summed E-state index contributed by atoms with van der Waals surface area (Å²) in [5.41, 5.74) is 0.670. The number of nitriles is 1. The van der Waals surface area contributed by atoms with E-state index in [0.29, 0.717) is 17.0 Å². The van der Waals surface area contributed by atoms with Gasteiger partial charge >= 0.3 is 5.97 Å². The summed E-state index contributed by atoms with van der Waals surface area (Å²) in [6.07, 6.45) is 0.136. The van der Waals surface area contributed by atoms with Gasteiger partial charge in [-0.25, -0.2) is 4.79 Å². The first-order chi connectivity index (χ1) is 8.51. The molecule has 94 valence electrons. The molecule has 0 aliphatic rings. The Morgan fingerprint density at radius 2 is 2.17 bits per heavy atom. The number of anilines is 1. The quantitative estimate of drug-likeness (QED) is 0.876. The summed E-state index contributed by atoms with van der Waals surface area (Å²) in [6, 6.07) is 4.50. The first kappa shape index (κ1) is 14.0. The van der Waals surface area contributed by atoms with Gasteiger partial charge in [0, 0.05) is 5.02 Å². The lowest BCUT2D eigenvalue weighted by Crippen LogP contribution is -2.15. The Kier molecular flexibility index (Phi) is 4.69. The number of carboxylic acids is 1. The lowest BCUT2D eigenvalue weighted by molar-refractivity contribution is -0.115. The molecule has 0 radical (unpaired) electrons. The monoisotopic (exact) mass is 266 g/mol. The third kappa shape index (κ3) is 2.99. The molecule has 0 fully saturated rings. The van der Waals surface area contributed by atoms with Crippen LogP contribution in [0.3, 0.4) is 0 Å². The molecule has 18 heavy (non-hydrogen) atoms. The van der Waals surface area contributed by atoms with Crippen molar-refractivity contribution in [1.82, 2.24) is 0 Å². The fraction of sp³-hybridized carbons (Fsp3) is 0.250. The van der Waals surface area contributed by atoms with Gasteiger partial charge in [0.15, 0.2) is 0 Å². The third-order valence-corrected chi connectivity index (χ3v) is 2.70. The van der Waals surface area contributed by atoms with Crippen LogP contribution in [0.5, 0.6) is 0 Å². The molecule has 1 rings (SSSR count). The summed E-state index contributed by atoms with van der Waals surface area (Å²) in [6.45, 7) is 1.80. The number of carboxylic acid groups (broad SMARTS) is 1. The van der Waals surface area contributed by atoms with Crippen molar-refractivity contribution in [3.05, 3.63) is 28.3 Å². The number of rotatable bonds is 4. The van der Waals surface area contributed by atoms with Crippen LogP contribution in [-0.2, 0) is 11.2 Å². The van der Waals surface area contributed by atoms with E-state index in [0.717, 1.165) is 0 Å². The highest BCUT2D eigenvalue weighted by molar-refractivity contribution is 6.32. The second-order valence-corrected chi connectivity index (χ2v) is 3.90. The van der Waals surface area contributed by atoms with Crippen molar-refractivity contribution in [3.63, 3.8) is 0 Å². The van der Waals surface area contributed by atoms with Gasteiger partial charge in [-0.15, -0.1) is 0 Å². The molecule has 0 saturated heterocycles. The lowest BCUT2D eigenvalue weighted by atomic mass is 10.0. The van der Waals surface area contributed by atoms with Crippen molar-refractivity contribution in [2.24, 2.45) is 0 Å². The zero-order valence-electron chi connectivity index (χ0n) is 9.66. The van der Waals surface area contributed by atoms with Gasteiger partial charge < -0.3 is 10.4 Å². The molecule has 2 N–H and O–H groups in total. The standard InChI is InChI=1S/C12H11ClN2O3/c1-2-7-9(13)4-3-8(12(17)18)11(7)15-10(16)5-6-14/h3-4H,2,5H2,1H3,(H,15,16)(H,17,18). The highest BCUT2D eigenvalue weighted by Gasteiger charge is 2.17. The molecule has 0 spiro atoms. The minimum atomic E-state index is -1.16. The predicted molar refractivity (Wildman–Crippen MR) is 66.6 cm³/mol. The topological polar surface area (TPSA) is 90.2 Å². The molecule has 1 amide bonds. The zero-order valence-corrected chi connectivity index (χ0v) is 10.4. The van der Waals surface area contributed by atoms with Crippen molar-refractivity contribution < 1.29 is 14.7 Å². The van der Waals surface area contributed by atoms with Crippen LogP contribution >= 0.6 is 11.6 Å². The van der Waals surface area contributed by atoms with E-state index >= 15 is 0 Å². The third-order valence-electron chi connectivity index (χ3n) is 2.34. The number of nitrogens with zero attached hydrogens (tertiary/aromatic N) is 1. The van der Waals surface area contributed by atoms with Crippen molar-refractivity contribution in [2.75, 3.05) is 5.32 Å². The second kappa shape index (κ2) is 6.03. The molecule has 0 aliphatic carbocycles. The smallest absolute Gasteiger partial charge is 0.337 e. The fourth-order valence-electron chi connectivity index (χ4n) is 1.54. The number of hydrogen-bond acceptors (Lipinski definition) is 3. The number of carbonyl (C=O) groups is 2. The summed E-state index contributed by atoms with van der Waals surface area (Å²) in [5.74, 6) is -1.72. The minimum absolute atomic E-state index is 0.0393. The molecule has 1 aromatic rings. The van der Waals surface area contributed by atoms with Crippen molar-refractivity contribution in [2.45, 2.75) is 19.8 Å². The molecular formula is C12H11ClN2O3. The first-order valence-electron chi connectivity index (χ1n) is 5.22. The SMILES string of the molecule is CCc1c(Cl)ccc(C(=O)O)c1NC(=O)CC#N. The molecule has 0 heterocycles. The van der Waals surface area contributed by atoms with Gasteiger partial charge in [0.05, 0.1) is 17.3 Å². The molecular weight excluding hydrogens is 256 g/mol. The Hall–Kier alpha value is -2.06. The maximum Gasteiger partial charge on any atom is 0.337 e. The van der Waals surface area contributed by atoms with Crippen LogP contribution in [0.25, 0.3) is 0 Å². The van der Waals surface area contributed by atoms with Crippen LogP contribution in [0, 0.1) is 11.3 Å². The van der Waals surface area contributed by atoms with Crippen molar-refractivity contribution >= 4 is 29.2 Å². The maximum absolute atomic E-state index is 11.4. The van der Waals surface area contributed by atoms with E-state index in [1.165, 1.54) is 12.1 Å². The average Bonchev–Trinajstić information content (AvgIpc) is 2.29. The number of benzene rings is 1. The van der Waals surface area contributed by atoms with E-state index in [-0.39, 0.29) is 17.7 Å². The normalized spacial score (nSPS) is 9.61. The highest BCUT2D eigenvalue weighted by atomic mass is 35.5. The molecule has 0 aliphatic heterocycles. The summed E-state index contributed by atoms with van der Waals surface area (Å²) >= 11 is 5.96. The van der Waals surface area contributed by atoms with E-state index in [4.69, 9.17) is 22.0 Å². The van der Waals surface area contributed by atoms with E-state index < -0.39 is 11.9 Å². The molecule has 0 aromatic heterocycles. The molecule has 0 saturated carbocycles. The van der Waals surface area contributed by atoms with Crippen LogP contribution in [0.4, 0.5) is 5.69 Å². The summed E-state index contributed by atoms with van der Waals surface area (Å²) in [7, 11) is 0. The summed E-state index contributed by atoms with van der Waals surface area (Å²) in [4.78, 5) is 22.5. The van der Waals surface area contributed by atoms with Gasteiger partial charge in [0.2, 0.25) is 5.91 Å². The van der Waals surface area contributed by atoms with Gasteiger partial charge in [0.1, 0.15) is 6.42 Å². The lowest BCUT2D eigenvalue weighted by Gasteiger charge is -2.13. The highest BCUT2D eigenvalue weighted by Crippen LogP contribution is 2.29. The van der Waals surface area contributed by atoms with Crippen LogP contribution < -0.4 is 5.32 Å². The maximum atomic E-state index is 11.4. The Morgan fingerprint density at radius 1 is 1.50 bits per heavy atom. The van der Waals surface area contributed by atoms with E-state index in [2.05, 4.69) is 5.32 Å². The van der Waals surface area contributed by atoms with E-state index in [1.807, 2.05) is 0 Å². The van der Waals surface area contributed by atoms with Crippen LogP contribution in [-0.4, -0.2) is 17.0 Å². The predicted octanol–water partition coefficient (Wildman–Crippen LogP) is 2.45. The number of halogens is 1. The van der Waals surface area contributed by atoms with Gasteiger partial charge in [-0.3, -0.25) is 4.79 Å². The van der Waals surface area contributed by atoms with Crippen LogP contribution in [0.15, 0.2) is 12.1 Å². The van der Waals surface area contributed by atoms with E-state index in [1.54, 1.807) is 13.0 Å². The van der Waals surface area contributed by atoms with Crippen LogP contribution in [0.2, 0.25) is 5.02 Å². The Bertz CT molecular complexity index is 535. The largest absolute Gasteiger partial charge is 0.478 e. The number of amides is 1. The first-order valence-corrected chi connectivity index (χ1v) is 5.60. The molecule has 1 aromatic carbocycles. The number of nitrogens with one attached hydrogen (secondary N) is 1. The Morgan fingerprint density at radius 3 is 2.67 bits per heavy atom. The molecule has 0 atom stereocenters. The van der Waals surface area contributed by atoms with Gasteiger partial charge in [-0.05, 0) is 24.1 Å². The number of aromatic carboxylic acids is 1.